The first-order chi connectivity index (χ1) is 4.34. The maximum atomic E-state index is 9.69. The van der Waals surface area contributed by atoms with Crippen LogP contribution in [0.5, 0.6) is 5.88 Å². The van der Waals surface area contributed by atoms with Crippen LogP contribution in [0, 0.1) is 0 Å². The first kappa shape index (κ1) is 5.61. The molecule has 0 aromatic carbocycles. The third-order valence-corrected chi connectivity index (χ3v) is 0.792. The Balaban J connectivity index is 2.80. The molecule has 5 nitrogen and oxygen atoms in total. The predicted molar refractivity (Wildman–Crippen MR) is 29.7 cm³/mol. The van der Waals surface area contributed by atoms with Gasteiger partial charge in [0.25, 0.3) is 12.4 Å². The maximum Gasteiger partial charge on any atom is 0.299 e. The van der Waals surface area contributed by atoms with Gasteiger partial charge in [0.2, 0.25) is 0 Å². The minimum absolute atomic E-state index is 0.116. The van der Waals surface area contributed by atoms with E-state index in [0.717, 1.165) is 0 Å². The first-order valence-electron chi connectivity index (χ1n) is 2.23. The molecule has 0 unspecified atom stereocenters. The Bertz CT molecular complexity index is 207. The number of carbonyl (C=O) groups excluding carboxylic acids is 1. The third-order valence-electron chi connectivity index (χ3n) is 0.792. The standard InChI is InChI=1S/C4H5N3O2/c5-3-4(9-2-8)7-1-6-3/h1-2H,5H2,(H,6,7). The smallest absolute Gasteiger partial charge is 0.299 e. The van der Waals surface area contributed by atoms with Crippen molar-refractivity contribution in [2.75, 3.05) is 5.73 Å². The molecule has 0 radical (unpaired) electrons. The Morgan fingerprint density at radius 3 is 3.11 bits per heavy atom. The summed E-state index contributed by atoms with van der Waals surface area (Å²) >= 11 is 0. The van der Waals surface area contributed by atoms with E-state index in [0.29, 0.717) is 0 Å². The average Bonchev–Trinajstić information content (AvgIpc) is 2.18. The quantitative estimate of drug-likeness (QED) is 0.526. The summed E-state index contributed by atoms with van der Waals surface area (Å²) in [6.45, 7) is 0.270. The van der Waals surface area contributed by atoms with Crippen molar-refractivity contribution >= 4 is 12.3 Å². The van der Waals surface area contributed by atoms with Crippen LogP contribution in [0.2, 0.25) is 0 Å². The van der Waals surface area contributed by atoms with E-state index < -0.39 is 0 Å². The number of imidazole rings is 1. The fourth-order valence-electron chi connectivity index (χ4n) is 0.431. The molecule has 48 valence electrons. The Morgan fingerprint density at radius 1 is 1.89 bits per heavy atom. The summed E-state index contributed by atoms with van der Waals surface area (Å²) in [6, 6.07) is 0. The molecule has 0 amide bonds. The number of hydrogen-bond acceptors (Lipinski definition) is 4. The van der Waals surface area contributed by atoms with Crippen molar-refractivity contribution < 1.29 is 9.53 Å². The normalized spacial score (nSPS) is 8.89. The summed E-state index contributed by atoms with van der Waals surface area (Å²) in [5.74, 6) is 0.368. The second-order valence-electron chi connectivity index (χ2n) is 1.34. The number of H-pyrrole nitrogens is 1. The van der Waals surface area contributed by atoms with Gasteiger partial charge in [0.1, 0.15) is 0 Å². The lowest BCUT2D eigenvalue weighted by atomic mass is 10.7. The molecule has 1 aromatic heterocycles. The Hall–Kier alpha value is -1.52. The molecule has 3 N–H and O–H groups in total. The second-order valence-corrected chi connectivity index (χ2v) is 1.34. The van der Waals surface area contributed by atoms with E-state index in [4.69, 9.17) is 5.73 Å². The number of nitrogen functional groups attached to an aromatic ring is 1. The van der Waals surface area contributed by atoms with Gasteiger partial charge in [0, 0.05) is 0 Å². The van der Waals surface area contributed by atoms with E-state index in [9.17, 15) is 4.79 Å². The summed E-state index contributed by atoms with van der Waals surface area (Å²) in [5.41, 5.74) is 5.22. The van der Waals surface area contributed by atoms with Gasteiger partial charge in [-0.2, -0.15) is 0 Å². The van der Waals surface area contributed by atoms with Gasteiger partial charge in [-0.15, -0.1) is 0 Å². The maximum absolute atomic E-state index is 9.69. The first-order valence-corrected chi connectivity index (χ1v) is 2.23. The van der Waals surface area contributed by atoms with Crippen LogP contribution in [-0.4, -0.2) is 16.4 Å². The molecule has 0 aliphatic heterocycles. The van der Waals surface area contributed by atoms with Gasteiger partial charge in [-0.25, -0.2) is 4.98 Å². The highest BCUT2D eigenvalue weighted by atomic mass is 16.5. The zero-order valence-electron chi connectivity index (χ0n) is 4.50. The van der Waals surface area contributed by atoms with Gasteiger partial charge in [-0.05, 0) is 0 Å². The molecule has 9 heavy (non-hydrogen) atoms. The Morgan fingerprint density at radius 2 is 2.67 bits per heavy atom. The van der Waals surface area contributed by atoms with E-state index in [1.165, 1.54) is 6.33 Å². The fraction of sp³-hybridized carbons (Fsp3) is 0. The summed E-state index contributed by atoms with van der Waals surface area (Å²) in [7, 11) is 0. The minimum Gasteiger partial charge on any atom is -0.406 e. The van der Waals surface area contributed by atoms with Crippen LogP contribution < -0.4 is 10.5 Å². The molecule has 0 aliphatic carbocycles. The van der Waals surface area contributed by atoms with Gasteiger partial charge in [0.05, 0.1) is 6.33 Å². The molecule has 0 spiro atoms. The molecular formula is C4H5N3O2. The summed E-state index contributed by atoms with van der Waals surface area (Å²) in [6.07, 6.45) is 1.34. The third kappa shape index (κ3) is 0.987. The lowest BCUT2D eigenvalue weighted by Gasteiger charge is -1.88. The van der Waals surface area contributed by atoms with Crippen molar-refractivity contribution in [3.8, 4) is 5.88 Å². The van der Waals surface area contributed by atoms with E-state index in [1.807, 2.05) is 0 Å². The summed E-state index contributed by atoms with van der Waals surface area (Å²) in [5, 5.41) is 0. The molecular weight excluding hydrogens is 122 g/mol. The summed E-state index contributed by atoms with van der Waals surface area (Å²) in [4.78, 5) is 15.8. The Kier molecular flexibility index (Phi) is 1.35. The zero-order chi connectivity index (χ0) is 6.69. The number of nitrogens with two attached hydrogens (primary N) is 1. The Labute approximate surface area is 50.8 Å². The number of carbonyl (C=O) groups is 1. The fourth-order valence-corrected chi connectivity index (χ4v) is 0.431. The molecule has 5 heteroatoms. The molecule has 0 saturated heterocycles. The lowest BCUT2D eigenvalue weighted by molar-refractivity contribution is -0.120. The monoisotopic (exact) mass is 127 g/mol. The van der Waals surface area contributed by atoms with Crippen LogP contribution in [0.4, 0.5) is 5.82 Å². The number of anilines is 1. The van der Waals surface area contributed by atoms with Gasteiger partial charge in [0.15, 0.2) is 5.82 Å². The van der Waals surface area contributed by atoms with Crippen molar-refractivity contribution in [1.82, 2.24) is 9.97 Å². The number of aromatic nitrogens is 2. The number of nitrogens with zero attached hydrogens (tertiary/aromatic N) is 1. The van der Waals surface area contributed by atoms with E-state index >= 15 is 0 Å². The highest BCUT2D eigenvalue weighted by Crippen LogP contribution is 2.11. The topological polar surface area (TPSA) is 81.0 Å². The van der Waals surface area contributed by atoms with Crippen molar-refractivity contribution in [2.24, 2.45) is 0 Å². The van der Waals surface area contributed by atoms with E-state index in [-0.39, 0.29) is 18.2 Å². The van der Waals surface area contributed by atoms with Gasteiger partial charge < -0.3 is 15.5 Å². The molecule has 0 saturated carbocycles. The van der Waals surface area contributed by atoms with Crippen molar-refractivity contribution in [3.05, 3.63) is 6.33 Å². The molecule has 1 heterocycles. The van der Waals surface area contributed by atoms with Crippen molar-refractivity contribution in [2.45, 2.75) is 0 Å². The summed E-state index contributed by atoms with van der Waals surface area (Å²) < 4.78 is 4.33. The van der Waals surface area contributed by atoms with Crippen LogP contribution in [0.15, 0.2) is 6.33 Å². The molecule has 0 aliphatic rings. The van der Waals surface area contributed by atoms with Crippen LogP contribution in [0.3, 0.4) is 0 Å². The largest absolute Gasteiger partial charge is 0.406 e. The lowest BCUT2D eigenvalue weighted by Crippen LogP contribution is -1.93. The zero-order valence-corrected chi connectivity index (χ0v) is 4.50. The number of hydrogen-bond donors (Lipinski definition) is 2. The van der Waals surface area contributed by atoms with Crippen LogP contribution in [0.1, 0.15) is 0 Å². The molecule has 1 rings (SSSR count). The van der Waals surface area contributed by atoms with E-state index in [1.54, 1.807) is 0 Å². The number of rotatable bonds is 2. The van der Waals surface area contributed by atoms with Crippen LogP contribution in [0.25, 0.3) is 0 Å². The van der Waals surface area contributed by atoms with Crippen LogP contribution >= 0.6 is 0 Å². The second kappa shape index (κ2) is 2.17. The predicted octanol–water partition coefficient (Wildman–Crippen LogP) is -0.473. The van der Waals surface area contributed by atoms with Gasteiger partial charge >= 0.3 is 0 Å². The van der Waals surface area contributed by atoms with Crippen molar-refractivity contribution in [3.63, 3.8) is 0 Å². The highest BCUT2D eigenvalue weighted by molar-refractivity contribution is 5.50. The van der Waals surface area contributed by atoms with Crippen LogP contribution in [-0.2, 0) is 4.79 Å². The van der Waals surface area contributed by atoms with Gasteiger partial charge in [-0.1, -0.05) is 0 Å². The average molecular weight is 127 g/mol. The van der Waals surface area contributed by atoms with Gasteiger partial charge in [-0.3, -0.25) is 4.79 Å². The molecule has 0 fully saturated rings. The number of nitrogens with one attached hydrogen (secondary N) is 1. The van der Waals surface area contributed by atoms with Crippen molar-refractivity contribution in [1.29, 1.82) is 0 Å². The molecule has 0 bridgehead atoms. The highest BCUT2D eigenvalue weighted by Gasteiger charge is 1.99. The van der Waals surface area contributed by atoms with E-state index in [2.05, 4.69) is 14.7 Å². The number of ether oxygens (including phenoxy) is 1. The minimum atomic E-state index is 0.116. The molecule has 1 aromatic rings. The SMILES string of the molecule is Nc1[nH]cnc1OC=O. The number of aromatic amines is 1. The molecule has 0 atom stereocenters.